The number of aromatic nitrogens is 2. The zero-order valence-electron chi connectivity index (χ0n) is 11.9. The summed E-state index contributed by atoms with van der Waals surface area (Å²) < 4.78 is 7.20. The number of carbonyl (C=O) groups is 1. The first-order valence-electron chi connectivity index (χ1n) is 6.99. The molecule has 1 aliphatic carbocycles. The van der Waals surface area contributed by atoms with Crippen molar-refractivity contribution in [3.63, 3.8) is 0 Å². The van der Waals surface area contributed by atoms with Gasteiger partial charge >= 0.3 is 5.97 Å². The molecule has 1 saturated carbocycles. The van der Waals surface area contributed by atoms with E-state index in [4.69, 9.17) is 4.74 Å². The van der Waals surface area contributed by atoms with Gasteiger partial charge in [0.25, 0.3) is 0 Å². The molecular formula is C16H19ClN2O2. The van der Waals surface area contributed by atoms with Crippen LogP contribution in [0.15, 0.2) is 42.9 Å². The smallest absolute Gasteiger partial charge is 0.356 e. The summed E-state index contributed by atoms with van der Waals surface area (Å²) >= 11 is 0. The van der Waals surface area contributed by atoms with Gasteiger partial charge in [0.2, 0.25) is 0 Å². The molecule has 0 amide bonds. The predicted molar refractivity (Wildman–Crippen MR) is 82.7 cm³/mol. The fraction of sp³-hybridized carbons (Fsp3) is 0.375. The van der Waals surface area contributed by atoms with Crippen molar-refractivity contribution in [2.75, 3.05) is 6.61 Å². The van der Waals surface area contributed by atoms with Gasteiger partial charge in [0.05, 0.1) is 25.2 Å². The number of benzene rings is 1. The zero-order chi connectivity index (χ0) is 13.9. The standard InChI is InChI=1S/C16H18N2O2.ClH/c1-12(14-5-3-2-4-6-14)18-11-17-9-15(18)16(19)20-10-13-7-8-13;/h2-6,9,11-13H,7-8,10H2,1H3;1H. The highest BCUT2D eigenvalue weighted by Gasteiger charge is 2.25. The number of halogens is 1. The molecule has 1 aromatic heterocycles. The van der Waals surface area contributed by atoms with Gasteiger partial charge in [-0.15, -0.1) is 12.4 Å². The van der Waals surface area contributed by atoms with E-state index in [1.165, 1.54) is 12.8 Å². The highest BCUT2D eigenvalue weighted by Crippen LogP contribution is 2.29. The molecule has 0 N–H and O–H groups in total. The van der Waals surface area contributed by atoms with E-state index in [0.717, 1.165) is 5.56 Å². The fourth-order valence-corrected chi connectivity index (χ4v) is 2.22. The lowest BCUT2D eigenvalue weighted by atomic mass is 10.1. The van der Waals surface area contributed by atoms with Crippen LogP contribution in [0.4, 0.5) is 0 Å². The summed E-state index contributed by atoms with van der Waals surface area (Å²) in [4.78, 5) is 16.2. The topological polar surface area (TPSA) is 44.1 Å². The van der Waals surface area contributed by atoms with Crippen molar-refractivity contribution in [3.05, 3.63) is 54.1 Å². The van der Waals surface area contributed by atoms with Crippen molar-refractivity contribution >= 4 is 18.4 Å². The molecule has 2 aromatic rings. The summed E-state index contributed by atoms with van der Waals surface area (Å²) in [5.41, 5.74) is 1.66. The molecular weight excluding hydrogens is 288 g/mol. The number of hydrogen-bond donors (Lipinski definition) is 0. The fourth-order valence-electron chi connectivity index (χ4n) is 2.22. The van der Waals surface area contributed by atoms with Crippen molar-refractivity contribution in [1.82, 2.24) is 9.55 Å². The molecule has 21 heavy (non-hydrogen) atoms. The second-order valence-electron chi connectivity index (χ2n) is 5.31. The summed E-state index contributed by atoms with van der Waals surface area (Å²) in [6.07, 6.45) is 5.61. The summed E-state index contributed by atoms with van der Waals surface area (Å²) in [6.45, 7) is 2.58. The lowest BCUT2D eigenvalue weighted by Crippen LogP contribution is -2.16. The van der Waals surface area contributed by atoms with Crippen LogP contribution in [0.1, 0.15) is 41.9 Å². The van der Waals surface area contributed by atoms with E-state index in [-0.39, 0.29) is 24.4 Å². The van der Waals surface area contributed by atoms with Gasteiger partial charge in [-0.1, -0.05) is 30.3 Å². The van der Waals surface area contributed by atoms with Gasteiger partial charge in [0.15, 0.2) is 0 Å². The van der Waals surface area contributed by atoms with Crippen molar-refractivity contribution in [1.29, 1.82) is 0 Å². The number of ether oxygens (including phenoxy) is 1. The van der Waals surface area contributed by atoms with Crippen molar-refractivity contribution < 1.29 is 9.53 Å². The summed E-state index contributed by atoms with van der Waals surface area (Å²) in [6, 6.07) is 10.1. The third kappa shape index (κ3) is 3.64. The summed E-state index contributed by atoms with van der Waals surface area (Å²) in [7, 11) is 0. The molecule has 1 heterocycles. The third-order valence-electron chi connectivity index (χ3n) is 3.72. The van der Waals surface area contributed by atoms with Crippen LogP contribution in [0.3, 0.4) is 0 Å². The van der Waals surface area contributed by atoms with Crippen LogP contribution >= 0.6 is 12.4 Å². The lowest BCUT2D eigenvalue weighted by Gasteiger charge is -2.16. The highest BCUT2D eigenvalue weighted by molar-refractivity contribution is 5.87. The van der Waals surface area contributed by atoms with Gasteiger partial charge < -0.3 is 9.30 Å². The molecule has 1 fully saturated rings. The van der Waals surface area contributed by atoms with Gasteiger partial charge in [-0.2, -0.15) is 0 Å². The lowest BCUT2D eigenvalue weighted by molar-refractivity contribution is 0.0472. The maximum Gasteiger partial charge on any atom is 0.356 e. The van der Waals surface area contributed by atoms with E-state index in [1.807, 2.05) is 34.9 Å². The molecule has 0 bridgehead atoms. The van der Waals surface area contributed by atoms with Crippen LogP contribution in [0.2, 0.25) is 0 Å². The summed E-state index contributed by atoms with van der Waals surface area (Å²) in [5, 5.41) is 0. The van der Waals surface area contributed by atoms with Crippen LogP contribution in [-0.4, -0.2) is 22.1 Å². The number of imidazole rings is 1. The first-order valence-corrected chi connectivity index (χ1v) is 6.99. The predicted octanol–water partition coefficient (Wildman–Crippen LogP) is 3.48. The zero-order valence-corrected chi connectivity index (χ0v) is 12.8. The Morgan fingerprint density at radius 1 is 1.38 bits per heavy atom. The molecule has 1 aliphatic rings. The molecule has 1 unspecified atom stereocenters. The van der Waals surface area contributed by atoms with Gasteiger partial charge in [-0.3, -0.25) is 0 Å². The minimum Gasteiger partial charge on any atom is -0.461 e. The van der Waals surface area contributed by atoms with Crippen molar-refractivity contribution in [2.45, 2.75) is 25.8 Å². The Bertz CT molecular complexity index is 593. The average Bonchev–Trinajstić information content (AvgIpc) is 3.19. The van der Waals surface area contributed by atoms with Crippen molar-refractivity contribution in [2.24, 2.45) is 5.92 Å². The van der Waals surface area contributed by atoms with Gasteiger partial charge in [-0.25, -0.2) is 9.78 Å². The second-order valence-corrected chi connectivity index (χ2v) is 5.31. The first-order chi connectivity index (χ1) is 9.75. The van der Waals surface area contributed by atoms with Gasteiger partial charge in [0.1, 0.15) is 5.69 Å². The quantitative estimate of drug-likeness (QED) is 0.794. The molecule has 1 atom stereocenters. The van der Waals surface area contributed by atoms with E-state index in [0.29, 0.717) is 18.2 Å². The normalized spacial score (nSPS) is 15.1. The van der Waals surface area contributed by atoms with E-state index in [9.17, 15) is 4.79 Å². The van der Waals surface area contributed by atoms with Gasteiger partial charge in [-0.05, 0) is 31.2 Å². The Morgan fingerprint density at radius 3 is 2.76 bits per heavy atom. The van der Waals surface area contributed by atoms with Crippen LogP contribution in [0.5, 0.6) is 0 Å². The van der Waals surface area contributed by atoms with E-state index < -0.39 is 0 Å². The molecule has 0 aliphatic heterocycles. The van der Waals surface area contributed by atoms with E-state index >= 15 is 0 Å². The number of rotatable bonds is 5. The third-order valence-corrected chi connectivity index (χ3v) is 3.72. The molecule has 0 radical (unpaired) electrons. The van der Waals surface area contributed by atoms with Gasteiger partial charge in [0, 0.05) is 0 Å². The first kappa shape index (κ1) is 15.6. The number of hydrogen-bond acceptors (Lipinski definition) is 3. The Kier molecular flexibility index (Phi) is 5.02. The number of nitrogens with zero attached hydrogens (tertiary/aromatic N) is 2. The molecule has 112 valence electrons. The molecule has 5 heteroatoms. The Hall–Kier alpha value is -1.81. The minimum atomic E-state index is -0.280. The van der Waals surface area contributed by atoms with E-state index in [1.54, 1.807) is 12.5 Å². The number of carbonyl (C=O) groups excluding carboxylic acids is 1. The van der Waals surface area contributed by atoms with Crippen LogP contribution in [0, 0.1) is 5.92 Å². The largest absolute Gasteiger partial charge is 0.461 e. The molecule has 4 nitrogen and oxygen atoms in total. The van der Waals surface area contributed by atoms with E-state index in [2.05, 4.69) is 11.9 Å². The SMILES string of the molecule is CC(c1ccccc1)n1cncc1C(=O)OCC1CC1.Cl. The highest BCUT2D eigenvalue weighted by atomic mass is 35.5. The molecule has 0 saturated heterocycles. The maximum absolute atomic E-state index is 12.1. The second kappa shape index (κ2) is 6.76. The van der Waals surface area contributed by atoms with Crippen LogP contribution < -0.4 is 0 Å². The van der Waals surface area contributed by atoms with Crippen molar-refractivity contribution in [3.8, 4) is 0 Å². The Morgan fingerprint density at radius 2 is 2.10 bits per heavy atom. The molecule has 0 spiro atoms. The average molecular weight is 307 g/mol. The molecule has 1 aromatic carbocycles. The summed E-state index contributed by atoms with van der Waals surface area (Å²) in [5.74, 6) is 0.291. The Balaban J connectivity index is 0.00000161. The Labute approximate surface area is 130 Å². The van der Waals surface area contributed by atoms with Crippen LogP contribution in [-0.2, 0) is 4.74 Å². The minimum absolute atomic E-state index is 0. The maximum atomic E-state index is 12.1. The monoisotopic (exact) mass is 306 g/mol. The van der Waals surface area contributed by atoms with Crippen LogP contribution in [0.25, 0.3) is 0 Å². The number of esters is 1. The molecule has 3 rings (SSSR count).